The molecule has 0 fully saturated rings. The standard InChI is InChI=1S/C10H12N4O/c1-10(2,11)9-13-8(14-15-9)7-3-5-12-6-4-7/h3-6H,11H2,1-2H3. The van der Waals surface area contributed by atoms with Gasteiger partial charge in [-0.1, -0.05) is 5.16 Å². The van der Waals surface area contributed by atoms with E-state index in [0.29, 0.717) is 11.7 Å². The predicted octanol–water partition coefficient (Wildman–Crippen LogP) is 1.33. The molecule has 5 nitrogen and oxygen atoms in total. The summed E-state index contributed by atoms with van der Waals surface area (Å²) in [7, 11) is 0. The first kappa shape index (κ1) is 9.79. The molecule has 0 aliphatic rings. The van der Waals surface area contributed by atoms with E-state index in [1.165, 1.54) is 0 Å². The van der Waals surface area contributed by atoms with Gasteiger partial charge in [0.2, 0.25) is 11.7 Å². The van der Waals surface area contributed by atoms with Gasteiger partial charge < -0.3 is 10.3 Å². The van der Waals surface area contributed by atoms with Crippen LogP contribution in [0.3, 0.4) is 0 Å². The summed E-state index contributed by atoms with van der Waals surface area (Å²) in [6.07, 6.45) is 3.36. The van der Waals surface area contributed by atoms with Gasteiger partial charge in [0.15, 0.2) is 0 Å². The summed E-state index contributed by atoms with van der Waals surface area (Å²) >= 11 is 0. The third-order valence-electron chi connectivity index (χ3n) is 1.92. The first-order valence-electron chi connectivity index (χ1n) is 4.61. The quantitative estimate of drug-likeness (QED) is 0.798. The average molecular weight is 204 g/mol. The summed E-state index contributed by atoms with van der Waals surface area (Å²) < 4.78 is 5.08. The molecule has 0 bridgehead atoms. The van der Waals surface area contributed by atoms with E-state index in [1.54, 1.807) is 12.4 Å². The van der Waals surface area contributed by atoms with Crippen molar-refractivity contribution >= 4 is 0 Å². The molecule has 0 aliphatic heterocycles. The Kier molecular flexibility index (Phi) is 2.24. The van der Waals surface area contributed by atoms with E-state index in [2.05, 4.69) is 15.1 Å². The van der Waals surface area contributed by atoms with Gasteiger partial charge in [0, 0.05) is 18.0 Å². The summed E-state index contributed by atoms with van der Waals surface area (Å²) in [5.74, 6) is 0.959. The molecule has 2 aromatic rings. The zero-order valence-electron chi connectivity index (χ0n) is 8.64. The average Bonchev–Trinajstić information content (AvgIpc) is 2.67. The Bertz CT molecular complexity index is 444. The van der Waals surface area contributed by atoms with Crippen molar-refractivity contribution in [2.75, 3.05) is 0 Å². The first-order valence-corrected chi connectivity index (χ1v) is 4.61. The summed E-state index contributed by atoms with van der Waals surface area (Å²) in [6.45, 7) is 3.63. The van der Waals surface area contributed by atoms with Crippen LogP contribution in [-0.4, -0.2) is 15.1 Å². The smallest absolute Gasteiger partial charge is 0.246 e. The minimum absolute atomic E-state index is 0.425. The van der Waals surface area contributed by atoms with Crippen molar-refractivity contribution < 1.29 is 4.52 Å². The third kappa shape index (κ3) is 2.02. The molecule has 0 aromatic carbocycles. The van der Waals surface area contributed by atoms with Gasteiger partial charge in [-0.2, -0.15) is 4.98 Å². The first-order chi connectivity index (χ1) is 7.07. The topological polar surface area (TPSA) is 77.8 Å². The van der Waals surface area contributed by atoms with Gasteiger partial charge in [-0.15, -0.1) is 0 Å². The molecule has 0 spiro atoms. The number of nitrogens with zero attached hydrogens (tertiary/aromatic N) is 3. The molecule has 2 heterocycles. The van der Waals surface area contributed by atoms with Crippen molar-refractivity contribution in [2.24, 2.45) is 5.73 Å². The summed E-state index contributed by atoms with van der Waals surface area (Å²) in [6, 6.07) is 3.64. The Balaban J connectivity index is 2.37. The summed E-state index contributed by atoms with van der Waals surface area (Å²) in [5.41, 5.74) is 6.09. The van der Waals surface area contributed by atoms with Crippen LogP contribution in [0.15, 0.2) is 29.0 Å². The van der Waals surface area contributed by atoms with E-state index in [1.807, 2.05) is 26.0 Å². The molecule has 0 unspecified atom stereocenters. The van der Waals surface area contributed by atoms with Crippen molar-refractivity contribution in [1.82, 2.24) is 15.1 Å². The molecule has 2 rings (SSSR count). The zero-order chi connectivity index (χ0) is 10.9. The number of nitrogens with two attached hydrogens (primary N) is 1. The van der Waals surface area contributed by atoms with Gasteiger partial charge in [-0.25, -0.2) is 0 Å². The molecule has 0 amide bonds. The molecule has 0 saturated carbocycles. The second kappa shape index (κ2) is 3.43. The Labute approximate surface area is 87.3 Å². The molecular weight excluding hydrogens is 192 g/mol. The Hall–Kier alpha value is -1.75. The fourth-order valence-electron chi connectivity index (χ4n) is 1.10. The maximum atomic E-state index is 5.84. The zero-order valence-corrected chi connectivity index (χ0v) is 8.64. The Morgan fingerprint density at radius 1 is 1.27 bits per heavy atom. The SMILES string of the molecule is CC(C)(N)c1nc(-c2ccncc2)no1. The van der Waals surface area contributed by atoms with Crippen LogP contribution in [0.5, 0.6) is 0 Å². The highest BCUT2D eigenvalue weighted by Crippen LogP contribution is 2.19. The third-order valence-corrected chi connectivity index (χ3v) is 1.92. The van der Waals surface area contributed by atoms with Crippen molar-refractivity contribution in [3.63, 3.8) is 0 Å². The van der Waals surface area contributed by atoms with Gasteiger partial charge in [-0.05, 0) is 26.0 Å². The van der Waals surface area contributed by atoms with Crippen LogP contribution in [0.4, 0.5) is 0 Å². The Morgan fingerprint density at radius 3 is 2.47 bits per heavy atom. The lowest BCUT2D eigenvalue weighted by molar-refractivity contribution is 0.312. The van der Waals surface area contributed by atoms with Gasteiger partial charge in [-0.3, -0.25) is 4.98 Å². The van der Waals surface area contributed by atoms with Crippen molar-refractivity contribution in [3.05, 3.63) is 30.4 Å². The second-order valence-corrected chi connectivity index (χ2v) is 3.88. The van der Waals surface area contributed by atoms with Crippen molar-refractivity contribution in [1.29, 1.82) is 0 Å². The lowest BCUT2D eigenvalue weighted by atomic mass is 10.1. The van der Waals surface area contributed by atoms with Crippen molar-refractivity contribution in [3.8, 4) is 11.4 Å². The van der Waals surface area contributed by atoms with E-state index in [0.717, 1.165) is 5.56 Å². The molecule has 0 atom stereocenters. The molecule has 78 valence electrons. The van der Waals surface area contributed by atoms with Crippen molar-refractivity contribution in [2.45, 2.75) is 19.4 Å². The predicted molar refractivity (Wildman–Crippen MR) is 54.7 cm³/mol. The van der Waals surface area contributed by atoms with Crippen LogP contribution in [0.25, 0.3) is 11.4 Å². The normalized spacial score (nSPS) is 11.7. The minimum Gasteiger partial charge on any atom is -0.337 e. The largest absolute Gasteiger partial charge is 0.337 e. The van der Waals surface area contributed by atoms with Crippen LogP contribution in [0.2, 0.25) is 0 Å². The van der Waals surface area contributed by atoms with Gasteiger partial charge in [0.05, 0.1) is 5.54 Å². The van der Waals surface area contributed by atoms with Crippen LogP contribution < -0.4 is 5.73 Å². The van der Waals surface area contributed by atoms with Gasteiger partial charge in [0.1, 0.15) is 0 Å². The molecule has 2 N–H and O–H groups in total. The fourth-order valence-corrected chi connectivity index (χ4v) is 1.10. The molecule has 2 aromatic heterocycles. The summed E-state index contributed by atoms with van der Waals surface area (Å²) in [4.78, 5) is 8.14. The maximum absolute atomic E-state index is 5.84. The number of hydrogen-bond acceptors (Lipinski definition) is 5. The van der Waals surface area contributed by atoms with Crippen LogP contribution in [-0.2, 0) is 5.54 Å². The molecule has 5 heteroatoms. The van der Waals surface area contributed by atoms with E-state index in [4.69, 9.17) is 10.3 Å². The monoisotopic (exact) mass is 204 g/mol. The van der Waals surface area contributed by atoms with Crippen LogP contribution in [0, 0.1) is 0 Å². The number of aromatic nitrogens is 3. The van der Waals surface area contributed by atoms with Crippen LogP contribution in [0.1, 0.15) is 19.7 Å². The minimum atomic E-state index is -0.613. The van der Waals surface area contributed by atoms with Gasteiger partial charge >= 0.3 is 0 Å². The number of rotatable bonds is 2. The molecule has 0 aliphatic carbocycles. The second-order valence-electron chi connectivity index (χ2n) is 3.88. The molecule has 15 heavy (non-hydrogen) atoms. The molecule has 0 saturated heterocycles. The fraction of sp³-hybridized carbons (Fsp3) is 0.300. The molecule has 0 radical (unpaired) electrons. The highest BCUT2D eigenvalue weighted by molar-refractivity contribution is 5.52. The van der Waals surface area contributed by atoms with Gasteiger partial charge in [0.25, 0.3) is 0 Å². The highest BCUT2D eigenvalue weighted by Gasteiger charge is 2.22. The lowest BCUT2D eigenvalue weighted by Gasteiger charge is -2.10. The molecular formula is C10H12N4O. The van der Waals surface area contributed by atoms with E-state index < -0.39 is 5.54 Å². The number of hydrogen-bond donors (Lipinski definition) is 1. The van der Waals surface area contributed by atoms with E-state index in [9.17, 15) is 0 Å². The number of pyridine rings is 1. The van der Waals surface area contributed by atoms with E-state index >= 15 is 0 Å². The Morgan fingerprint density at radius 2 is 1.93 bits per heavy atom. The van der Waals surface area contributed by atoms with Crippen LogP contribution >= 0.6 is 0 Å². The maximum Gasteiger partial charge on any atom is 0.246 e. The summed E-state index contributed by atoms with van der Waals surface area (Å²) in [5, 5.41) is 3.86. The van der Waals surface area contributed by atoms with E-state index in [-0.39, 0.29) is 0 Å². The lowest BCUT2D eigenvalue weighted by Crippen LogP contribution is -2.28. The highest BCUT2D eigenvalue weighted by atomic mass is 16.5.